The van der Waals surface area contributed by atoms with E-state index in [0.717, 1.165) is 0 Å². The van der Waals surface area contributed by atoms with Crippen molar-refractivity contribution in [3.63, 3.8) is 0 Å². The van der Waals surface area contributed by atoms with Crippen molar-refractivity contribution in [2.75, 3.05) is 0 Å². The van der Waals surface area contributed by atoms with Gasteiger partial charge < -0.3 is 0 Å². The van der Waals surface area contributed by atoms with Gasteiger partial charge in [0, 0.05) is 0 Å². The van der Waals surface area contributed by atoms with E-state index in [4.69, 9.17) is 0 Å². The molecule has 0 aliphatic carbocycles. The van der Waals surface area contributed by atoms with Gasteiger partial charge in [0.25, 0.3) is 0 Å². The number of allylic oxidation sites excluding steroid dienone is 2. The van der Waals surface area contributed by atoms with Crippen LogP contribution in [0.1, 0.15) is 174 Å². The predicted molar refractivity (Wildman–Crippen MR) is 136 cm³/mol. The molecule has 0 rings (SSSR count). The van der Waals surface area contributed by atoms with E-state index in [1.54, 1.807) is 0 Å². The molecule has 0 aromatic carbocycles. The average molecular weight is 407 g/mol. The van der Waals surface area contributed by atoms with Crippen LogP contribution in [0.5, 0.6) is 0 Å². The van der Waals surface area contributed by atoms with Gasteiger partial charge in [-0.3, -0.25) is 0 Å². The van der Waals surface area contributed by atoms with Gasteiger partial charge in [0.05, 0.1) is 0 Å². The van der Waals surface area contributed by atoms with Gasteiger partial charge in [0.2, 0.25) is 0 Å². The highest BCUT2D eigenvalue weighted by atomic mass is 14.0. The van der Waals surface area contributed by atoms with E-state index < -0.39 is 0 Å². The largest absolute Gasteiger partial charge is 0.0885 e. The van der Waals surface area contributed by atoms with Gasteiger partial charge in [-0.2, -0.15) is 0 Å². The van der Waals surface area contributed by atoms with Crippen LogP contribution in [0.15, 0.2) is 12.2 Å². The first-order chi connectivity index (χ1) is 14.4. The van der Waals surface area contributed by atoms with Gasteiger partial charge >= 0.3 is 0 Å². The lowest BCUT2D eigenvalue weighted by Gasteiger charge is -2.03. The quantitative estimate of drug-likeness (QED) is 0.104. The lowest BCUT2D eigenvalue weighted by atomic mass is 10.0. The van der Waals surface area contributed by atoms with Crippen molar-refractivity contribution in [1.82, 2.24) is 0 Å². The SMILES string of the molecule is CCCCCCC/C=C\CCCCCCCCCCCCCCCCCCCC. The highest BCUT2D eigenvalue weighted by Gasteiger charge is 1.95. The van der Waals surface area contributed by atoms with E-state index >= 15 is 0 Å². The van der Waals surface area contributed by atoms with Crippen molar-refractivity contribution in [2.24, 2.45) is 0 Å². The topological polar surface area (TPSA) is 0 Å². The zero-order valence-corrected chi connectivity index (χ0v) is 20.8. The summed E-state index contributed by atoms with van der Waals surface area (Å²) in [5.74, 6) is 0. The van der Waals surface area contributed by atoms with Gasteiger partial charge in [-0.25, -0.2) is 0 Å². The summed E-state index contributed by atoms with van der Waals surface area (Å²) >= 11 is 0. The Morgan fingerprint density at radius 3 is 0.724 bits per heavy atom. The highest BCUT2D eigenvalue weighted by molar-refractivity contribution is 4.81. The Bertz CT molecular complexity index is 290. The molecule has 0 atom stereocenters. The fourth-order valence-corrected chi connectivity index (χ4v) is 4.27. The molecule has 29 heavy (non-hydrogen) atoms. The smallest absolute Gasteiger partial charge is 0.0351 e. The molecule has 0 heterocycles. The third kappa shape index (κ3) is 27.7. The molecule has 0 radical (unpaired) electrons. The van der Waals surface area contributed by atoms with Gasteiger partial charge in [0.15, 0.2) is 0 Å². The molecule has 0 saturated carbocycles. The molecular weight excluding hydrogens is 348 g/mol. The van der Waals surface area contributed by atoms with E-state index in [1.807, 2.05) is 0 Å². The third-order valence-corrected chi connectivity index (χ3v) is 6.37. The standard InChI is InChI=1S/C29H58/c1-3-5-7-9-11-13-15-17-19-21-23-25-27-29-28-26-24-22-20-18-16-14-12-10-8-6-4-2/h15,17H,3-14,16,18-29H2,1-2H3/b17-15-. The van der Waals surface area contributed by atoms with Crippen LogP contribution in [-0.4, -0.2) is 0 Å². The van der Waals surface area contributed by atoms with Gasteiger partial charge in [-0.05, 0) is 25.7 Å². The van der Waals surface area contributed by atoms with Crippen LogP contribution in [0.2, 0.25) is 0 Å². The van der Waals surface area contributed by atoms with E-state index in [0.29, 0.717) is 0 Å². The van der Waals surface area contributed by atoms with Crippen LogP contribution in [0.25, 0.3) is 0 Å². The summed E-state index contributed by atoms with van der Waals surface area (Å²) in [7, 11) is 0. The van der Waals surface area contributed by atoms with Crippen molar-refractivity contribution in [2.45, 2.75) is 174 Å². The zero-order valence-electron chi connectivity index (χ0n) is 20.8. The first kappa shape index (κ1) is 28.7. The molecule has 0 heteroatoms. The normalized spacial score (nSPS) is 11.7. The van der Waals surface area contributed by atoms with Gasteiger partial charge in [0.1, 0.15) is 0 Å². The van der Waals surface area contributed by atoms with Crippen molar-refractivity contribution in [1.29, 1.82) is 0 Å². The number of rotatable bonds is 25. The fraction of sp³-hybridized carbons (Fsp3) is 0.931. The third-order valence-electron chi connectivity index (χ3n) is 6.37. The van der Waals surface area contributed by atoms with Gasteiger partial charge in [-0.15, -0.1) is 0 Å². The second kappa shape index (κ2) is 27.7. The second-order valence-corrected chi connectivity index (χ2v) is 9.47. The Labute approximate surface area is 186 Å². The molecule has 0 saturated heterocycles. The molecule has 0 amide bonds. The Morgan fingerprint density at radius 2 is 0.483 bits per heavy atom. The summed E-state index contributed by atoms with van der Waals surface area (Å²) in [6, 6.07) is 0. The Morgan fingerprint density at radius 1 is 0.276 bits per heavy atom. The summed E-state index contributed by atoms with van der Waals surface area (Å²) < 4.78 is 0. The molecule has 0 aromatic rings. The molecular formula is C29H58. The monoisotopic (exact) mass is 406 g/mol. The molecule has 0 bridgehead atoms. The summed E-state index contributed by atoms with van der Waals surface area (Å²) in [6.45, 7) is 4.59. The van der Waals surface area contributed by atoms with Crippen LogP contribution in [0.4, 0.5) is 0 Å². The summed E-state index contributed by atoms with van der Waals surface area (Å²) in [6.07, 6.45) is 40.9. The van der Waals surface area contributed by atoms with E-state index in [1.165, 1.54) is 161 Å². The van der Waals surface area contributed by atoms with Crippen molar-refractivity contribution < 1.29 is 0 Å². The summed E-state index contributed by atoms with van der Waals surface area (Å²) in [5.41, 5.74) is 0. The number of hydrogen-bond acceptors (Lipinski definition) is 0. The van der Waals surface area contributed by atoms with Crippen LogP contribution in [-0.2, 0) is 0 Å². The Kier molecular flexibility index (Phi) is 27.5. The number of hydrogen-bond donors (Lipinski definition) is 0. The molecule has 0 aromatic heterocycles. The maximum Gasteiger partial charge on any atom is -0.0351 e. The van der Waals surface area contributed by atoms with Crippen LogP contribution < -0.4 is 0 Å². The lowest BCUT2D eigenvalue weighted by molar-refractivity contribution is 0.525. The fourth-order valence-electron chi connectivity index (χ4n) is 4.27. The van der Waals surface area contributed by atoms with Crippen LogP contribution >= 0.6 is 0 Å². The Balaban J connectivity index is 3.03. The summed E-state index contributed by atoms with van der Waals surface area (Å²) in [4.78, 5) is 0. The molecule has 0 fully saturated rings. The van der Waals surface area contributed by atoms with E-state index in [2.05, 4.69) is 26.0 Å². The zero-order chi connectivity index (χ0) is 21.1. The number of unbranched alkanes of at least 4 members (excludes halogenated alkanes) is 23. The van der Waals surface area contributed by atoms with Crippen molar-refractivity contribution in [3.8, 4) is 0 Å². The highest BCUT2D eigenvalue weighted by Crippen LogP contribution is 2.14. The second-order valence-electron chi connectivity index (χ2n) is 9.47. The molecule has 0 nitrogen and oxygen atoms in total. The maximum atomic E-state index is 2.44. The minimum absolute atomic E-state index is 1.31. The first-order valence-corrected chi connectivity index (χ1v) is 14.1. The molecule has 174 valence electrons. The van der Waals surface area contributed by atoms with Gasteiger partial charge in [-0.1, -0.05) is 161 Å². The average Bonchev–Trinajstić information content (AvgIpc) is 2.74. The minimum atomic E-state index is 1.31. The maximum absolute atomic E-state index is 2.44. The first-order valence-electron chi connectivity index (χ1n) is 14.1. The van der Waals surface area contributed by atoms with E-state index in [-0.39, 0.29) is 0 Å². The van der Waals surface area contributed by atoms with Crippen molar-refractivity contribution in [3.05, 3.63) is 12.2 Å². The van der Waals surface area contributed by atoms with Crippen molar-refractivity contribution >= 4 is 0 Å². The molecule has 0 aliphatic rings. The van der Waals surface area contributed by atoms with Crippen LogP contribution in [0, 0.1) is 0 Å². The molecule has 0 aliphatic heterocycles. The molecule has 0 N–H and O–H groups in total. The lowest BCUT2D eigenvalue weighted by Crippen LogP contribution is -1.84. The predicted octanol–water partition coefficient (Wildman–Crippen LogP) is 11.3. The molecule has 0 spiro atoms. The Hall–Kier alpha value is -0.260. The van der Waals surface area contributed by atoms with E-state index in [9.17, 15) is 0 Å². The summed E-state index contributed by atoms with van der Waals surface area (Å²) in [5, 5.41) is 0. The minimum Gasteiger partial charge on any atom is -0.0885 e. The molecule has 0 unspecified atom stereocenters. The van der Waals surface area contributed by atoms with Crippen LogP contribution in [0.3, 0.4) is 0 Å².